The van der Waals surface area contributed by atoms with E-state index < -0.39 is 0 Å². The third-order valence-electron chi connectivity index (χ3n) is 2.73. The Morgan fingerprint density at radius 3 is 3.00 bits per heavy atom. The minimum absolute atomic E-state index is 0.0654. The average Bonchev–Trinajstić information content (AvgIpc) is 2.61. The molecule has 0 spiro atoms. The third kappa shape index (κ3) is 2.00. The van der Waals surface area contributed by atoms with Crippen LogP contribution < -0.4 is 5.73 Å². The first-order valence-electron chi connectivity index (χ1n) is 5.17. The Kier molecular flexibility index (Phi) is 3.21. The topological polar surface area (TPSA) is 35.2 Å². The summed E-state index contributed by atoms with van der Waals surface area (Å²) in [4.78, 5) is 2.84. The van der Waals surface area contributed by atoms with Crippen LogP contribution in [-0.4, -0.2) is 13.7 Å². The van der Waals surface area contributed by atoms with Crippen LogP contribution in [0.1, 0.15) is 34.2 Å². The van der Waals surface area contributed by atoms with Crippen molar-refractivity contribution in [3.8, 4) is 0 Å². The summed E-state index contributed by atoms with van der Waals surface area (Å²) in [5, 5.41) is 0. The highest BCUT2D eigenvalue weighted by molar-refractivity contribution is 7.12. The van der Waals surface area contributed by atoms with E-state index in [0.717, 1.165) is 0 Å². The molecule has 2 rings (SSSR count). The Balaban J connectivity index is 2.15. The minimum Gasteiger partial charge on any atom is -0.383 e. The first kappa shape index (κ1) is 10.1. The lowest BCUT2D eigenvalue weighted by Crippen LogP contribution is -2.14. The second kappa shape index (κ2) is 4.43. The molecule has 0 saturated carbocycles. The summed E-state index contributed by atoms with van der Waals surface area (Å²) >= 11 is 1.88. The summed E-state index contributed by atoms with van der Waals surface area (Å²) in [6.07, 6.45) is 5.17. The first-order chi connectivity index (χ1) is 6.81. The lowest BCUT2D eigenvalue weighted by atomic mass is 9.99. The fourth-order valence-electron chi connectivity index (χ4n) is 1.96. The van der Waals surface area contributed by atoms with Gasteiger partial charge in [-0.3, -0.25) is 0 Å². The van der Waals surface area contributed by atoms with Crippen molar-refractivity contribution in [1.29, 1.82) is 0 Å². The van der Waals surface area contributed by atoms with Gasteiger partial charge in [-0.15, -0.1) is 11.3 Å². The average molecular weight is 211 g/mol. The van der Waals surface area contributed by atoms with Gasteiger partial charge in [0.2, 0.25) is 0 Å². The highest BCUT2D eigenvalue weighted by Crippen LogP contribution is 2.32. The highest BCUT2D eigenvalue weighted by atomic mass is 32.1. The number of thiophene rings is 1. The largest absolute Gasteiger partial charge is 0.383 e. The summed E-state index contributed by atoms with van der Waals surface area (Å²) in [6.45, 7) is 0.624. The fraction of sp³-hybridized carbons (Fsp3) is 0.636. The maximum atomic E-state index is 6.00. The Bertz CT molecular complexity index is 285. The number of aryl methyl sites for hydroxylation is 2. The van der Waals surface area contributed by atoms with Crippen molar-refractivity contribution < 1.29 is 4.74 Å². The van der Waals surface area contributed by atoms with Gasteiger partial charge in [0.1, 0.15) is 0 Å². The molecule has 0 aliphatic heterocycles. The SMILES string of the molecule is COCC(N)c1cc2c(s1)CCCC2. The maximum absolute atomic E-state index is 6.00. The summed E-state index contributed by atoms with van der Waals surface area (Å²) < 4.78 is 5.07. The normalized spacial score (nSPS) is 17.9. The van der Waals surface area contributed by atoms with Gasteiger partial charge in [0.05, 0.1) is 12.6 Å². The molecule has 1 heterocycles. The van der Waals surface area contributed by atoms with Crippen LogP contribution in [0, 0.1) is 0 Å². The maximum Gasteiger partial charge on any atom is 0.0663 e. The predicted molar refractivity (Wildman–Crippen MR) is 59.8 cm³/mol. The molecule has 3 heteroatoms. The zero-order chi connectivity index (χ0) is 9.97. The molecule has 0 fully saturated rings. The molecular weight excluding hydrogens is 194 g/mol. The molecular formula is C11H17NOS. The van der Waals surface area contributed by atoms with E-state index in [-0.39, 0.29) is 6.04 Å². The van der Waals surface area contributed by atoms with Gasteiger partial charge >= 0.3 is 0 Å². The van der Waals surface area contributed by atoms with Crippen molar-refractivity contribution >= 4 is 11.3 Å². The summed E-state index contributed by atoms with van der Waals surface area (Å²) in [5.74, 6) is 0. The second-order valence-electron chi connectivity index (χ2n) is 3.87. The van der Waals surface area contributed by atoms with E-state index >= 15 is 0 Å². The highest BCUT2D eigenvalue weighted by Gasteiger charge is 2.16. The van der Waals surface area contributed by atoms with Gasteiger partial charge in [-0.1, -0.05) is 0 Å². The van der Waals surface area contributed by atoms with E-state index in [9.17, 15) is 0 Å². The molecule has 1 unspecified atom stereocenters. The molecule has 0 bridgehead atoms. The van der Waals surface area contributed by atoms with Crippen LogP contribution in [-0.2, 0) is 17.6 Å². The number of methoxy groups -OCH3 is 1. The van der Waals surface area contributed by atoms with Crippen LogP contribution in [0.15, 0.2) is 6.07 Å². The Hall–Kier alpha value is -0.380. The van der Waals surface area contributed by atoms with E-state index in [1.807, 2.05) is 11.3 Å². The Morgan fingerprint density at radius 2 is 2.29 bits per heavy atom. The molecule has 1 aromatic rings. The Morgan fingerprint density at radius 1 is 1.50 bits per heavy atom. The smallest absolute Gasteiger partial charge is 0.0663 e. The molecule has 14 heavy (non-hydrogen) atoms. The number of hydrogen-bond donors (Lipinski definition) is 1. The van der Waals surface area contributed by atoms with Crippen LogP contribution in [0.4, 0.5) is 0 Å². The summed E-state index contributed by atoms with van der Waals surface area (Å²) in [5.41, 5.74) is 7.53. The van der Waals surface area contributed by atoms with Gasteiger partial charge in [-0.2, -0.15) is 0 Å². The van der Waals surface area contributed by atoms with E-state index in [4.69, 9.17) is 10.5 Å². The van der Waals surface area contributed by atoms with Crippen LogP contribution in [0.3, 0.4) is 0 Å². The number of fused-ring (bicyclic) bond motifs is 1. The standard InChI is InChI=1S/C11H17NOS/c1-13-7-9(12)11-6-8-4-2-3-5-10(8)14-11/h6,9H,2-5,7,12H2,1H3. The molecule has 2 nitrogen and oxygen atoms in total. The molecule has 1 aromatic heterocycles. The molecule has 2 N–H and O–H groups in total. The first-order valence-corrected chi connectivity index (χ1v) is 5.99. The zero-order valence-corrected chi connectivity index (χ0v) is 9.40. The van der Waals surface area contributed by atoms with E-state index in [2.05, 4.69) is 6.07 Å². The second-order valence-corrected chi connectivity index (χ2v) is 5.03. The molecule has 0 amide bonds. The van der Waals surface area contributed by atoms with Gasteiger partial charge in [-0.05, 0) is 37.3 Å². The zero-order valence-electron chi connectivity index (χ0n) is 8.58. The van der Waals surface area contributed by atoms with Crippen LogP contribution in [0.2, 0.25) is 0 Å². The van der Waals surface area contributed by atoms with Crippen LogP contribution >= 0.6 is 11.3 Å². The van der Waals surface area contributed by atoms with Crippen molar-refractivity contribution in [2.45, 2.75) is 31.7 Å². The van der Waals surface area contributed by atoms with Crippen molar-refractivity contribution in [3.63, 3.8) is 0 Å². The predicted octanol–water partition coefficient (Wildman–Crippen LogP) is 2.27. The number of nitrogens with two attached hydrogens (primary N) is 1. The van der Waals surface area contributed by atoms with E-state index in [1.165, 1.54) is 36.1 Å². The summed E-state index contributed by atoms with van der Waals surface area (Å²) in [7, 11) is 1.70. The van der Waals surface area contributed by atoms with Crippen molar-refractivity contribution in [2.24, 2.45) is 5.73 Å². The van der Waals surface area contributed by atoms with Gasteiger partial charge in [0.15, 0.2) is 0 Å². The Labute approximate surface area is 89.1 Å². The van der Waals surface area contributed by atoms with Crippen molar-refractivity contribution in [1.82, 2.24) is 0 Å². The molecule has 0 radical (unpaired) electrons. The lowest BCUT2D eigenvalue weighted by Gasteiger charge is -2.08. The lowest BCUT2D eigenvalue weighted by molar-refractivity contribution is 0.182. The molecule has 1 atom stereocenters. The molecule has 1 aliphatic rings. The van der Waals surface area contributed by atoms with Gasteiger partial charge in [0.25, 0.3) is 0 Å². The third-order valence-corrected chi connectivity index (χ3v) is 4.10. The van der Waals surface area contributed by atoms with Crippen LogP contribution in [0.5, 0.6) is 0 Å². The minimum atomic E-state index is 0.0654. The van der Waals surface area contributed by atoms with Gasteiger partial charge in [0, 0.05) is 16.9 Å². The molecule has 1 aliphatic carbocycles. The van der Waals surface area contributed by atoms with E-state index in [1.54, 1.807) is 12.0 Å². The van der Waals surface area contributed by atoms with Gasteiger partial charge < -0.3 is 10.5 Å². The number of hydrogen-bond acceptors (Lipinski definition) is 3. The van der Waals surface area contributed by atoms with Crippen molar-refractivity contribution in [2.75, 3.05) is 13.7 Å². The summed E-state index contributed by atoms with van der Waals surface area (Å²) in [6, 6.07) is 2.35. The molecule has 78 valence electrons. The molecule has 0 saturated heterocycles. The van der Waals surface area contributed by atoms with Gasteiger partial charge in [-0.25, -0.2) is 0 Å². The van der Waals surface area contributed by atoms with Crippen molar-refractivity contribution in [3.05, 3.63) is 21.4 Å². The monoisotopic (exact) mass is 211 g/mol. The quantitative estimate of drug-likeness (QED) is 0.832. The molecule has 0 aromatic carbocycles. The fourth-order valence-corrected chi connectivity index (χ4v) is 3.20. The number of rotatable bonds is 3. The number of ether oxygens (including phenoxy) is 1. The van der Waals surface area contributed by atoms with Crippen LogP contribution in [0.25, 0.3) is 0 Å². The van der Waals surface area contributed by atoms with E-state index in [0.29, 0.717) is 6.61 Å².